The Labute approximate surface area is 184 Å². The fourth-order valence-electron chi connectivity index (χ4n) is 4.10. The molecule has 0 aromatic heterocycles. The third-order valence-corrected chi connectivity index (χ3v) is 7.79. The highest BCUT2D eigenvalue weighted by atomic mass is 32.2. The van der Waals surface area contributed by atoms with Crippen LogP contribution in [0.15, 0.2) is 59.5 Å². The van der Waals surface area contributed by atoms with Crippen molar-refractivity contribution in [2.75, 3.05) is 44.3 Å². The van der Waals surface area contributed by atoms with Gasteiger partial charge in [0.15, 0.2) is 0 Å². The van der Waals surface area contributed by atoms with Crippen LogP contribution >= 0.6 is 0 Å². The molecule has 2 aliphatic rings. The van der Waals surface area contributed by atoms with Crippen LogP contribution in [0.1, 0.15) is 18.4 Å². The number of morpholine rings is 1. The molecule has 4 rings (SSSR count). The Balaban J connectivity index is 1.32. The van der Waals surface area contributed by atoms with Crippen molar-refractivity contribution in [3.8, 4) is 0 Å². The minimum Gasteiger partial charge on any atom is -0.378 e. The summed E-state index contributed by atoms with van der Waals surface area (Å²) in [4.78, 5) is 15.3. The molecule has 2 heterocycles. The van der Waals surface area contributed by atoms with Gasteiger partial charge in [-0.05, 0) is 42.7 Å². The molecule has 2 saturated heterocycles. The van der Waals surface area contributed by atoms with Crippen LogP contribution in [-0.2, 0) is 26.1 Å². The number of carbonyl (C=O) groups is 1. The number of hydrogen-bond acceptors (Lipinski definition) is 5. The molecule has 7 nitrogen and oxygen atoms in total. The molecule has 0 saturated carbocycles. The number of sulfonamides is 1. The van der Waals surface area contributed by atoms with E-state index < -0.39 is 10.0 Å². The van der Waals surface area contributed by atoms with Crippen LogP contribution in [0.3, 0.4) is 0 Å². The van der Waals surface area contributed by atoms with Crippen molar-refractivity contribution in [3.05, 3.63) is 60.2 Å². The van der Waals surface area contributed by atoms with Crippen LogP contribution in [0.25, 0.3) is 0 Å². The number of nitrogens with one attached hydrogen (secondary N) is 1. The molecular formula is C23H29N3O4S. The van der Waals surface area contributed by atoms with E-state index in [0.29, 0.717) is 25.9 Å². The van der Waals surface area contributed by atoms with E-state index in [0.717, 1.165) is 37.6 Å². The highest BCUT2D eigenvalue weighted by Crippen LogP contribution is 2.24. The Morgan fingerprint density at radius 3 is 2.42 bits per heavy atom. The number of ether oxygens (including phenoxy) is 1. The molecule has 2 aromatic carbocycles. The fourth-order valence-corrected chi connectivity index (χ4v) is 5.64. The van der Waals surface area contributed by atoms with Gasteiger partial charge in [-0.25, -0.2) is 8.42 Å². The maximum Gasteiger partial charge on any atom is 0.243 e. The van der Waals surface area contributed by atoms with Crippen molar-refractivity contribution in [2.45, 2.75) is 24.3 Å². The van der Waals surface area contributed by atoms with Crippen LogP contribution in [-0.4, -0.2) is 58.0 Å². The van der Waals surface area contributed by atoms with E-state index in [1.165, 1.54) is 4.31 Å². The highest BCUT2D eigenvalue weighted by molar-refractivity contribution is 7.89. The molecule has 0 bridgehead atoms. The van der Waals surface area contributed by atoms with E-state index in [1.54, 1.807) is 30.3 Å². The first-order valence-corrected chi connectivity index (χ1v) is 12.2. The maximum absolute atomic E-state index is 12.9. The maximum atomic E-state index is 12.9. The molecule has 2 aromatic rings. The summed E-state index contributed by atoms with van der Waals surface area (Å²) in [6.07, 6.45) is 1.38. The Morgan fingerprint density at radius 1 is 1.00 bits per heavy atom. The molecule has 2 fully saturated rings. The van der Waals surface area contributed by atoms with E-state index >= 15 is 0 Å². The van der Waals surface area contributed by atoms with Gasteiger partial charge in [0, 0.05) is 38.4 Å². The van der Waals surface area contributed by atoms with Gasteiger partial charge in [-0.3, -0.25) is 4.79 Å². The first-order chi connectivity index (χ1) is 15.0. The molecule has 1 unspecified atom stereocenters. The van der Waals surface area contributed by atoms with Crippen molar-refractivity contribution in [1.82, 2.24) is 9.62 Å². The third kappa shape index (κ3) is 5.26. The molecule has 0 aliphatic carbocycles. The molecule has 0 radical (unpaired) electrons. The smallest absolute Gasteiger partial charge is 0.243 e. The number of rotatable bonds is 6. The predicted molar refractivity (Wildman–Crippen MR) is 119 cm³/mol. The van der Waals surface area contributed by atoms with Crippen LogP contribution < -0.4 is 10.2 Å². The molecule has 8 heteroatoms. The van der Waals surface area contributed by atoms with Gasteiger partial charge in [-0.2, -0.15) is 4.31 Å². The zero-order chi connectivity index (χ0) is 21.7. The molecule has 31 heavy (non-hydrogen) atoms. The summed E-state index contributed by atoms with van der Waals surface area (Å²) >= 11 is 0. The predicted octanol–water partition coefficient (Wildman–Crippen LogP) is 2.24. The van der Waals surface area contributed by atoms with Gasteiger partial charge >= 0.3 is 0 Å². The number of anilines is 1. The van der Waals surface area contributed by atoms with E-state index in [9.17, 15) is 13.2 Å². The SMILES string of the molecule is O=C(NCc1ccc(N2CCOCC2)cc1)C1CCCN(S(=O)(=O)c2ccccc2)C1. The molecule has 166 valence electrons. The third-order valence-electron chi connectivity index (χ3n) is 5.92. The summed E-state index contributed by atoms with van der Waals surface area (Å²) < 4.78 is 32.6. The first kappa shape index (κ1) is 21.8. The average molecular weight is 444 g/mol. The summed E-state index contributed by atoms with van der Waals surface area (Å²) in [6, 6.07) is 16.6. The second-order valence-corrected chi connectivity index (χ2v) is 9.94. The van der Waals surface area contributed by atoms with Gasteiger partial charge in [-0.1, -0.05) is 30.3 Å². The largest absolute Gasteiger partial charge is 0.378 e. The molecular weight excluding hydrogens is 414 g/mol. The topological polar surface area (TPSA) is 79.0 Å². The van der Waals surface area contributed by atoms with E-state index in [2.05, 4.69) is 22.3 Å². The lowest BCUT2D eigenvalue weighted by Crippen LogP contribution is -2.45. The zero-order valence-corrected chi connectivity index (χ0v) is 18.4. The van der Waals surface area contributed by atoms with Crippen LogP contribution in [0.2, 0.25) is 0 Å². The van der Waals surface area contributed by atoms with Crippen molar-refractivity contribution in [2.24, 2.45) is 5.92 Å². The number of piperidine rings is 1. The van der Waals surface area contributed by atoms with Crippen molar-refractivity contribution in [1.29, 1.82) is 0 Å². The standard InChI is InChI=1S/C23H29N3O4S/c27-23(24-17-19-8-10-21(11-9-19)25-13-15-30-16-14-25)20-5-4-12-26(18-20)31(28,29)22-6-2-1-3-7-22/h1-3,6-11,20H,4-5,12-18H2,(H,24,27). The second kappa shape index (κ2) is 9.80. The Bertz CT molecular complexity index is 974. The summed E-state index contributed by atoms with van der Waals surface area (Å²) in [6.45, 7) is 4.37. The van der Waals surface area contributed by atoms with Gasteiger partial charge in [0.05, 0.1) is 24.0 Å². The summed E-state index contributed by atoms with van der Waals surface area (Å²) in [5, 5.41) is 2.99. The van der Waals surface area contributed by atoms with Gasteiger partial charge in [-0.15, -0.1) is 0 Å². The van der Waals surface area contributed by atoms with Gasteiger partial charge in [0.1, 0.15) is 0 Å². The summed E-state index contributed by atoms with van der Waals surface area (Å²) in [5.41, 5.74) is 2.18. The minimum absolute atomic E-state index is 0.0924. The number of benzene rings is 2. The van der Waals surface area contributed by atoms with Gasteiger partial charge < -0.3 is 15.0 Å². The molecule has 1 amide bonds. The van der Waals surface area contributed by atoms with Crippen molar-refractivity contribution < 1.29 is 17.9 Å². The lowest BCUT2D eigenvalue weighted by molar-refractivity contribution is -0.126. The summed E-state index contributed by atoms with van der Waals surface area (Å²) in [5.74, 6) is -0.426. The number of hydrogen-bond donors (Lipinski definition) is 1. The first-order valence-electron chi connectivity index (χ1n) is 10.8. The molecule has 0 spiro atoms. The second-order valence-electron chi connectivity index (χ2n) is 8.00. The van der Waals surface area contributed by atoms with E-state index in [-0.39, 0.29) is 23.3 Å². The Morgan fingerprint density at radius 2 is 1.71 bits per heavy atom. The van der Waals surface area contributed by atoms with Crippen molar-refractivity contribution >= 4 is 21.6 Å². The summed E-state index contributed by atoms with van der Waals surface area (Å²) in [7, 11) is -3.57. The van der Waals surface area contributed by atoms with E-state index in [1.807, 2.05) is 12.1 Å². The lowest BCUT2D eigenvalue weighted by atomic mass is 9.98. The average Bonchev–Trinajstić information content (AvgIpc) is 2.84. The van der Waals surface area contributed by atoms with Crippen LogP contribution in [0.5, 0.6) is 0 Å². The normalized spacial score (nSPS) is 20.4. The Hall–Kier alpha value is -2.42. The quantitative estimate of drug-likeness (QED) is 0.741. The van der Waals surface area contributed by atoms with Crippen LogP contribution in [0, 0.1) is 5.92 Å². The highest BCUT2D eigenvalue weighted by Gasteiger charge is 2.33. The molecule has 2 aliphatic heterocycles. The molecule has 1 atom stereocenters. The fraction of sp³-hybridized carbons (Fsp3) is 0.435. The minimum atomic E-state index is -3.57. The van der Waals surface area contributed by atoms with Crippen molar-refractivity contribution in [3.63, 3.8) is 0 Å². The Kier molecular flexibility index (Phi) is 6.89. The number of nitrogens with zero attached hydrogens (tertiary/aromatic N) is 2. The zero-order valence-electron chi connectivity index (χ0n) is 17.6. The number of amides is 1. The number of carbonyl (C=O) groups excluding carboxylic acids is 1. The van der Waals surface area contributed by atoms with E-state index in [4.69, 9.17) is 4.74 Å². The molecule has 1 N–H and O–H groups in total. The van der Waals surface area contributed by atoms with Gasteiger partial charge in [0.25, 0.3) is 0 Å². The van der Waals surface area contributed by atoms with Crippen LogP contribution in [0.4, 0.5) is 5.69 Å². The lowest BCUT2D eigenvalue weighted by Gasteiger charge is -2.31. The monoisotopic (exact) mass is 443 g/mol. The van der Waals surface area contributed by atoms with Gasteiger partial charge in [0.2, 0.25) is 15.9 Å².